The van der Waals surface area contributed by atoms with E-state index in [1.165, 1.54) is 22.9 Å². The third-order valence-electron chi connectivity index (χ3n) is 5.71. The number of nitrogens with zero attached hydrogens (tertiary/aromatic N) is 1. The molecule has 0 bridgehead atoms. The maximum atomic E-state index is 11.1. The molecule has 0 radical (unpaired) electrons. The highest BCUT2D eigenvalue weighted by atomic mass is 32.2. The van der Waals surface area contributed by atoms with Crippen LogP contribution < -0.4 is 16.0 Å². The van der Waals surface area contributed by atoms with Crippen LogP contribution >= 0.6 is 11.8 Å². The molecule has 3 aromatic rings. The van der Waals surface area contributed by atoms with Gasteiger partial charge >= 0.3 is 0 Å². The van der Waals surface area contributed by atoms with E-state index in [2.05, 4.69) is 45.2 Å². The van der Waals surface area contributed by atoms with Crippen molar-refractivity contribution in [2.24, 2.45) is 0 Å². The summed E-state index contributed by atoms with van der Waals surface area (Å²) in [5.41, 5.74) is 4.80. The molecule has 0 aliphatic carbocycles. The monoisotopic (exact) mass is 478 g/mol. The van der Waals surface area contributed by atoms with Crippen molar-refractivity contribution in [3.05, 3.63) is 83.2 Å². The Bertz CT molecular complexity index is 1100. The number of phenolic OH excluding ortho intramolecular Hbond substituents is 1. The van der Waals surface area contributed by atoms with Crippen LogP contribution in [-0.2, 0) is 24.2 Å². The van der Waals surface area contributed by atoms with E-state index in [9.17, 15) is 15.0 Å². The van der Waals surface area contributed by atoms with Crippen molar-refractivity contribution < 1.29 is 15.0 Å². The number of carbonyl (C=O) groups excluding carboxylic acids is 1. The molecule has 2 aromatic carbocycles. The van der Waals surface area contributed by atoms with Crippen molar-refractivity contribution in [2.45, 2.75) is 35.8 Å². The Kier molecular flexibility index (Phi) is 8.54. The molecule has 1 aliphatic rings. The molecule has 0 saturated heterocycles. The Morgan fingerprint density at radius 1 is 1.06 bits per heavy atom. The van der Waals surface area contributed by atoms with E-state index >= 15 is 0 Å². The van der Waals surface area contributed by atoms with Crippen molar-refractivity contribution in [1.29, 1.82) is 0 Å². The van der Waals surface area contributed by atoms with Crippen LogP contribution in [0.1, 0.15) is 28.5 Å². The molecule has 5 N–H and O–H groups in total. The summed E-state index contributed by atoms with van der Waals surface area (Å²) in [6, 6.07) is 17.8. The number of rotatable bonds is 12. The van der Waals surface area contributed by atoms with Crippen LogP contribution in [0.2, 0.25) is 0 Å². The van der Waals surface area contributed by atoms with Crippen LogP contribution in [-0.4, -0.2) is 46.5 Å². The van der Waals surface area contributed by atoms with Gasteiger partial charge in [0.15, 0.2) is 6.29 Å². The van der Waals surface area contributed by atoms with Crippen molar-refractivity contribution in [2.75, 3.05) is 25.0 Å². The Labute approximate surface area is 204 Å². The number of benzene rings is 2. The largest absolute Gasteiger partial charge is 0.506 e. The first kappa shape index (κ1) is 24.2. The summed E-state index contributed by atoms with van der Waals surface area (Å²) in [5, 5.41) is 30.1. The number of anilines is 1. The second kappa shape index (κ2) is 12.0. The van der Waals surface area contributed by atoms with Gasteiger partial charge in [-0.15, -0.1) is 0 Å². The van der Waals surface area contributed by atoms with Gasteiger partial charge in [0.2, 0.25) is 0 Å². The fraction of sp³-hybridized carbons (Fsp3) is 0.308. The topological polar surface area (TPSA) is 107 Å². The van der Waals surface area contributed by atoms with E-state index in [0.717, 1.165) is 49.4 Å². The van der Waals surface area contributed by atoms with Gasteiger partial charge in [-0.2, -0.15) is 0 Å². The first-order chi connectivity index (χ1) is 16.6. The first-order valence-corrected chi connectivity index (χ1v) is 12.3. The summed E-state index contributed by atoms with van der Waals surface area (Å²) in [6.07, 6.45) is 3.64. The predicted octanol–water partition coefficient (Wildman–Crippen LogP) is 3.03. The van der Waals surface area contributed by atoms with Crippen LogP contribution in [0, 0.1) is 0 Å². The van der Waals surface area contributed by atoms with Gasteiger partial charge in [-0.1, -0.05) is 48.2 Å². The van der Waals surface area contributed by atoms with E-state index in [-0.39, 0.29) is 5.75 Å². The van der Waals surface area contributed by atoms with E-state index in [4.69, 9.17) is 0 Å². The van der Waals surface area contributed by atoms with Gasteiger partial charge in [0.1, 0.15) is 11.1 Å². The third kappa shape index (κ3) is 6.36. The lowest BCUT2D eigenvalue weighted by molar-refractivity contribution is -0.107. The smallest absolute Gasteiger partial charge is 0.152 e. The van der Waals surface area contributed by atoms with Gasteiger partial charge in [0, 0.05) is 42.8 Å². The first-order valence-electron chi connectivity index (χ1n) is 11.5. The molecule has 1 aromatic heterocycles. The number of thioether (sulfide) groups is 1. The standard InChI is InChI=1S/C26H30N4O3S/c31-17-24-30-25-22(32)8-7-21(26(25)34-24)23(33)16-28-12-9-18-4-3-5-19(14-18)15-27-13-10-20-6-1-2-11-29-20/h1-8,11,14,17,23-24,27-28,30,32-33H,9-10,12-13,15-16H2/t23-,24?/m0/s1. The second-order valence-electron chi connectivity index (χ2n) is 8.23. The number of hydrogen-bond donors (Lipinski definition) is 5. The highest BCUT2D eigenvalue weighted by Crippen LogP contribution is 2.46. The number of aliphatic hydroxyl groups excluding tert-OH is 1. The van der Waals surface area contributed by atoms with E-state index in [1.54, 1.807) is 12.1 Å². The molecule has 0 saturated carbocycles. The van der Waals surface area contributed by atoms with Crippen LogP contribution in [0.15, 0.2) is 65.7 Å². The third-order valence-corrected chi connectivity index (χ3v) is 6.87. The molecule has 34 heavy (non-hydrogen) atoms. The Hall–Kier alpha value is -2.91. The van der Waals surface area contributed by atoms with Gasteiger partial charge in [0.25, 0.3) is 0 Å². The molecule has 0 amide bonds. The fourth-order valence-corrected chi connectivity index (χ4v) is 5.06. The average molecular weight is 479 g/mol. The number of pyridine rings is 1. The highest BCUT2D eigenvalue weighted by Gasteiger charge is 2.28. The van der Waals surface area contributed by atoms with Gasteiger partial charge in [0.05, 0.1) is 11.8 Å². The van der Waals surface area contributed by atoms with Crippen LogP contribution in [0.5, 0.6) is 5.75 Å². The fourth-order valence-electron chi connectivity index (χ4n) is 3.95. The molecule has 0 fully saturated rings. The molecule has 1 unspecified atom stereocenters. The number of nitrogens with one attached hydrogen (secondary N) is 3. The maximum absolute atomic E-state index is 11.1. The summed E-state index contributed by atoms with van der Waals surface area (Å²) in [5.74, 6) is 0.0851. The summed E-state index contributed by atoms with van der Waals surface area (Å²) in [6.45, 7) is 2.81. The van der Waals surface area contributed by atoms with Crippen molar-refractivity contribution >= 4 is 23.7 Å². The van der Waals surface area contributed by atoms with Gasteiger partial charge in [-0.3, -0.25) is 4.98 Å². The van der Waals surface area contributed by atoms with Crippen molar-refractivity contribution in [3.63, 3.8) is 0 Å². The minimum absolute atomic E-state index is 0.0851. The second-order valence-corrected chi connectivity index (χ2v) is 9.39. The molecule has 4 rings (SSSR count). The summed E-state index contributed by atoms with van der Waals surface area (Å²) >= 11 is 1.31. The molecule has 8 heteroatoms. The Morgan fingerprint density at radius 3 is 2.74 bits per heavy atom. The Balaban J connectivity index is 1.21. The lowest BCUT2D eigenvalue weighted by Crippen LogP contribution is -2.24. The highest BCUT2D eigenvalue weighted by molar-refractivity contribution is 8.01. The summed E-state index contributed by atoms with van der Waals surface area (Å²) < 4.78 is 0. The minimum Gasteiger partial charge on any atom is -0.506 e. The van der Waals surface area contributed by atoms with E-state index in [0.29, 0.717) is 17.8 Å². The number of fused-ring (bicyclic) bond motifs is 1. The molecule has 1 aliphatic heterocycles. The van der Waals surface area contributed by atoms with Crippen LogP contribution in [0.4, 0.5) is 5.69 Å². The zero-order valence-electron chi connectivity index (χ0n) is 18.9. The normalized spacial score (nSPS) is 15.5. The van der Waals surface area contributed by atoms with Crippen molar-refractivity contribution in [1.82, 2.24) is 15.6 Å². The van der Waals surface area contributed by atoms with Gasteiger partial charge in [-0.05, 0) is 47.9 Å². The molecule has 0 spiro atoms. The number of carbonyl (C=O) groups is 1. The lowest BCUT2D eigenvalue weighted by Gasteiger charge is -2.16. The SMILES string of the molecule is O=CC1Nc2c(O)ccc([C@@H](O)CNCCc3cccc(CNCCc4ccccn4)c3)c2S1. The predicted molar refractivity (Wildman–Crippen MR) is 135 cm³/mol. The molecule has 2 atom stereocenters. The quantitative estimate of drug-likeness (QED) is 0.154. The molecule has 2 heterocycles. The lowest BCUT2D eigenvalue weighted by atomic mass is 10.1. The number of aromatic hydroxyl groups is 1. The number of aromatic nitrogens is 1. The van der Waals surface area contributed by atoms with Crippen LogP contribution in [0.25, 0.3) is 0 Å². The van der Waals surface area contributed by atoms with E-state index < -0.39 is 11.5 Å². The number of hydrogen-bond acceptors (Lipinski definition) is 8. The van der Waals surface area contributed by atoms with E-state index in [1.807, 2.05) is 24.4 Å². The van der Waals surface area contributed by atoms with Crippen LogP contribution in [0.3, 0.4) is 0 Å². The zero-order valence-corrected chi connectivity index (χ0v) is 19.7. The summed E-state index contributed by atoms with van der Waals surface area (Å²) in [7, 11) is 0. The zero-order chi connectivity index (χ0) is 23.8. The molecular formula is C26H30N4O3S. The molecular weight excluding hydrogens is 448 g/mol. The maximum Gasteiger partial charge on any atom is 0.152 e. The Morgan fingerprint density at radius 2 is 1.91 bits per heavy atom. The number of aldehydes is 1. The van der Waals surface area contributed by atoms with Crippen molar-refractivity contribution in [3.8, 4) is 5.75 Å². The average Bonchev–Trinajstić information content (AvgIpc) is 3.31. The van der Waals surface area contributed by atoms with Gasteiger partial charge in [-0.25, -0.2) is 0 Å². The minimum atomic E-state index is -0.733. The number of aliphatic hydroxyl groups is 1. The number of phenols is 1. The summed E-state index contributed by atoms with van der Waals surface area (Å²) in [4.78, 5) is 16.2. The molecule has 7 nitrogen and oxygen atoms in total. The molecule has 178 valence electrons. The van der Waals surface area contributed by atoms with Gasteiger partial charge < -0.3 is 31.0 Å².